The number of halogens is 1. The van der Waals surface area contributed by atoms with Gasteiger partial charge in [0, 0.05) is 10.6 Å². The molecule has 126 valence electrons. The summed E-state index contributed by atoms with van der Waals surface area (Å²) in [7, 11) is 0. The maximum atomic E-state index is 11.8. The van der Waals surface area contributed by atoms with Gasteiger partial charge in [0.1, 0.15) is 5.75 Å². The molecular weight excluding hydrogens is 324 g/mol. The zero-order valence-corrected chi connectivity index (χ0v) is 14.9. The number of ether oxygens (including phenoxy) is 1. The van der Waals surface area contributed by atoms with Crippen molar-refractivity contribution in [2.45, 2.75) is 27.2 Å². The zero-order valence-electron chi connectivity index (χ0n) is 14.1. The van der Waals surface area contributed by atoms with Crippen molar-refractivity contribution in [3.63, 3.8) is 0 Å². The van der Waals surface area contributed by atoms with Gasteiger partial charge in [0.2, 0.25) is 0 Å². The maximum absolute atomic E-state index is 11.8. The third-order valence-electron chi connectivity index (χ3n) is 3.64. The van der Waals surface area contributed by atoms with Gasteiger partial charge >= 0.3 is 5.97 Å². The molecule has 0 heterocycles. The first-order valence-corrected chi connectivity index (χ1v) is 8.25. The number of benzene rings is 2. The van der Waals surface area contributed by atoms with Crippen molar-refractivity contribution in [1.82, 2.24) is 0 Å². The standard InChI is InChI=1S/C20H21ClO3/c1-4-9-24-19-8-6-16(21)11-15(19)12-18(20(22)23)17-7-5-13(2)10-14(17)3/h5-8,10-12H,4,9H2,1-3H3,(H,22,23)/b18-12-. The van der Waals surface area contributed by atoms with Crippen LogP contribution in [0.1, 0.15) is 35.6 Å². The Bertz CT molecular complexity index is 778. The molecule has 0 aliphatic rings. The molecule has 0 saturated heterocycles. The Morgan fingerprint density at radius 2 is 1.96 bits per heavy atom. The Balaban J connectivity index is 2.55. The third-order valence-corrected chi connectivity index (χ3v) is 3.87. The van der Waals surface area contributed by atoms with Crippen LogP contribution in [0.2, 0.25) is 5.02 Å². The first-order valence-electron chi connectivity index (χ1n) is 7.87. The van der Waals surface area contributed by atoms with Crippen LogP contribution < -0.4 is 4.74 Å². The molecule has 0 aromatic heterocycles. The van der Waals surface area contributed by atoms with Gasteiger partial charge in [0.05, 0.1) is 12.2 Å². The number of carboxylic acid groups (broad SMARTS) is 1. The van der Waals surface area contributed by atoms with Crippen LogP contribution in [0.4, 0.5) is 0 Å². The third kappa shape index (κ3) is 4.39. The van der Waals surface area contributed by atoms with E-state index in [1.807, 2.05) is 39.0 Å². The predicted octanol–water partition coefficient (Wildman–Crippen LogP) is 5.37. The number of carbonyl (C=O) groups is 1. The molecule has 4 heteroatoms. The van der Waals surface area contributed by atoms with Crippen LogP contribution in [0.25, 0.3) is 11.6 Å². The van der Waals surface area contributed by atoms with Crippen LogP contribution >= 0.6 is 11.6 Å². The first-order chi connectivity index (χ1) is 11.4. The van der Waals surface area contributed by atoms with E-state index in [4.69, 9.17) is 16.3 Å². The van der Waals surface area contributed by atoms with Crippen LogP contribution in [0.3, 0.4) is 0 Å². The Morgan fingerprint density at radius 3 is 2.58 bits per heavy atom. The average Bonchev–Trinajstić information content (AvgIpc) is 2.52. The highest BCUT2D eigenvalue weighted by Crippen LogP contribution is 2.29. The Hall–Kier alpha value is -2.26. The van der Waals surface area contributed by atoms with Gasteiger partial charge in [0.15, 0.2) is 0 Å². The van der Waals surface area contributed by atoms with Crippen molar-refractivity contribution in [1.29, 1.82) is 0 Å². The zero-order chi connectivity index (χ0) is 17.7. The number of hydrogen-bond acceptors (Lipinski definition) is 2. The normalized spacial score (nSPS) is 11.4. The molecule has 24 heavy (non-hydrogen) atoms. The van der Waals surface area contributed by atoms with E-state index in [0.29, 0.717) is 28.5 Å². The minimum atomic E-state index is -0.983. The molecule has 2 aromatic carbocycles. The summed E-state index contributed by atoms with van der Waals surface area (Å²) in [5.41, 5.74) is 3.58. The van der Waals surface area contributed by atoms with Crippen molar-refractivity contribution < 1.29 is 14.6 Å². The summed E-state index contributed by atoms with van der Waals surface area (Å²) in [5, 5.41) is 10.2. The lowest BCUT2D eigenvalue weighted by atomic mass is 9.96. The first kappa shape index (κ1) is 18.1. The molecule has 0 aliphatic carbocycles. The summed E-state index contributed by atoms with van der Waals surface area (Å²) in [5.74, 6) is -0.354. The quantitative estimate of drug-likeness (QED) is 0.566. The van der Waals surface area contributed by atoms with Crippen molar-refractivity contribution in [2.75, 3.05) is 6.61 Å². The van der Waals surface area contributed by atoms with Gasteiger partial charge in [-0.15, -0.1) is 0 Å². The maximum Gasteiger partial charge on any atom is 0.336 e. The number of hydrogen-bond donors (Lipinski definition) is 1. The highest BCUT2D eigenvalue weighted by atomic mass is 35.5. The second kappa shape index (κ2) is 8.02. The predicted molar refractivity (Wildman–Crippen MR) is 98.7 cm³/mol. The molecule has 1 N–H and O–H groups in total. The van der Waals surface area contributed by atoms with E-state index >= 15 is 0 Å². The summed E-state index contributed by atoms with van der Waals surface area (Å²) >= 11 is 6.08. The molecule has 2 rings (SSSR count). The molecule has 0 atom stereocenters. The number of carboxylic acids is 1. The molecule has 0 fully saturated rings. The van der Waals surface area contributed by atoms with E-state index in [-0.39, 0.29) is 5.57 Å². The molecule has 0 saturated carbocycles. The molecule has 0 amide bonds. The largest absolute Gasteiger partial charge is 0.493 e. The summed E-state index contributed by atoms with van der Waals surface area (Å²) in [4.78, 5) is 11.8. The second-order valence-corrected chi connectivity index (χ2v) is 6.15. The fourth-order valence-corrected chi connectivity index (χ4v) is 2.68. The van der Waals surface area contributed by atoms with Gasteiger partial charge in [-0.2, -0.15) is 0 Å². The van der Waals surface area contributed by atoms with Gasteiger partial charge in [-0.1, -0.05) is 42.3 Å². The van der Waals surface area contributed by atoms with Crippen molar-refractivity contribution in [2.24, 2.45) is 0 Å². The van der Waals surface area contributed by atoms with Gasteiger partial charge in [-0.05, 0) is 55.7 Å². The van der Waals surface area contributed by atoms with E-state index in [9.17, 15) is 9.90 Å². The monoisotopic (exact) mass is 344 g/mol. The Labute approximate surface area is 147 Å². The van der Waals surface area contributed by atoms with Crippen molar-refractivity contribution in [3.8, 4) is 5.75 Å². The van der Waals surface area contributed by atoms with Crippen LogP contribution in [-0.2, 0) is 4.79 Å². The van der Waals surface area contributed by atoms with Crippen molar-refractivity contribution >= 4 is 29.2 Å². The topological polar surface area (TPSA) is 46.5 Å². The van der Waals surface area contributed by atoms with E-state index in [2.05, 4.69) is 0 Å². The minimum Gasteiger partial charge on any atom is -0.493 e. The Kier molecular flexibility index (Phi) is 6.04. The molecule has 0 unspecified atom stereocenters. The summed E-state index contributed by atoms with van der Waals surface area (Å²) in [6.07, 6.45) is 2.49. The number of rotatable bonds is 6. The lowest BCUT2D eigenvalue weighted by molar-refractivity contribution is -0.130. The van der Waals surface area contributed by atoms with Gasteiger partial charge < -0.3 is 9.84 Å². The number of aryl methyl sites for hydroxylation is 2. The molecule has 2 aromatic rings. The molecule has 3 nitrogen and oxygen atoms in total. The molecule has 0 aliphatic heterocycles. The van der Waals surface area contributed by atoms with Crippen LogP contribution in [-0.4, -0.2) is 17.7 Å². The van der Waals surface area contributed by atoms with E-state index in [1.54, 1.807) is 24.3 Å². The van der Waals surface area contributed by atoms with Gasteiger partial charge in [0.25, 0.3) is 0 Å². The molecular formula is C20H21ClO3. The van der Waals surface area contributed by atoms with Crippen molar-refractivity contribution in [3.05, 3.63) is 63.7 Å². The molecule has 0 spiro atoms. The fraction of sp³-hybridized carbons (Fsp3) is 0.250. The van der Waals surface area contributed by atoms with Gasteiger partial charge in [-0.25, -0.2) is 4.79 Å². The number of aliphatic carboxylic acids is 1. The summed E-state index contributed by atoms with van der Waals surface area (Å²) in [6, 6.07) is 10.9. The smallest absolute Gasteiger partial charge is 0.336 e. The Morgan fingerprint density at radius 1 is 1.21 bits per heavy atom. The van der Waals surface area contributed by atoms with Crippen LogP contribution in [0.15, 0.2) is 36.4 Å². The van der Waals surface area contributed by atoms with E-state index in [1.165, 1.54) is 0 Å². The van der Waals surface area contributed by atoms with Crippen LogP contribution in [0.5, 0.6) is 5.75 Å². The average molecular weight is 345 g/mol. The highest BCUT2D eigenvalue weighted by Gasteiger charge is 2.15. The lowest BCUT2D eigenvalue weighted by Gasteiger charge is -2.12. The second-order valence-electron chi connectivity index (χ2n) is 5.71. The van der Waals surface area contributed by atoms with Gasteiger partial charge in [-0.3, -0.25) is 0 Å². The summed E-state index contributed by atoms with van der Waals surface area (Å²) < 4.78 is 5.71. The highest BCUT2D eigenvalue weighted by molar-refractivity contribution is 6.31. The lowest BCUT2D eigenvalue weighted by Crippen LogP contribution is -2.03. The summed E-state index contributed by atoms with van der Waals surface area (Å²) in [6.45, 7) is 6.47. The SMILES string of the molecule is CCCOc1ccc(Cl)cc1/C=C(\C(=O)O)c1ccc(C)cc1C. The molecule has 0 bridgehead atoms. The van der Waals surface area contributed by atoms with E-state index in [0.717, 1.165) is 17.5 Å². The molecule has 0 radical (unpaired) electrons. The minimum absolute atomic E-state index is 0.219. The van der Waals surface area contributed by atoms with Crippen LogP contribution in [0, 0.1) is 13.8 Å². The van der Waals surface area contributed by atoms with E-state index < -0.39 is 5.97 Å². The fourth-order valence-electron chi connectivity index (χ4n) is 2.50.